The molecule has 1 unspecified atom stereocenters. The molecule has 0 bridgehead atoms. The first kappa shape index (κ1) is 18.6. The molecule has 6 heteroatoms. The third-order valence-corrected chi connectivity index (χ3v) is 4.28. The number of nitrogens with one attached hydrogen (secondary N) is 1. The number of hydrogen-bond donors (Lipinski definition) is 1. The molecule has 27 heavy (non-hydrogen) atoms. The number of nitrogens with zero attached hydrogens (tertiary/aromatic N) is 1. The third kappa shape index (κ3) is 4.53. The topological polar surface area (TPSA) is 81.4 Å². The Bertz CT molecular complexity index is 1030. The Morgan fingerprint density at radius 3 is 2.81 bits per heavy atom. The van der Waals surface area contributed by atoms with Gasteiger partial charge in [-0.3, -0.25) is 9.78 Å². The molecular formula is C21H22N2O4. The molecule has 3 aromatic rings. The van der Waals surface area contributed by atoms with Crippen LogP contribution in [0.25, 0.3) is 11.0 Å². The van der Waals surface area contributed by atoms with E-state index in [1.165, 1.54) is 6.07 Å². The predicted molar refractivity (Wildman–Crippen MR) is 103 cm³/mol. The van der Waals surface area contributed by atoms with Gasteiger partial charge in [-0.25, -0.2) is 4.79 Å². The Morgan fingerprint density at radius 1 is 1.26 bits per heavy atom. The van der Waals surface area contributed by atoms with Gasteiger partial charge >= 0.3 is 5.63 Å². The van der Waals surface area contributed by atoms with Crippen LogP contribution in [-0.4, -0.2) is 17.0 Å². The molecule has 140 valence electrons. The molecule has 3 rings (SSSR count). The second kappa shape index (κ2) is 8.03. The quantitative estimate of drug-likeness (QED) is 0.678. The number of carbonyl (C=O) groups is 1. The highest BCUT2D eigenvalue weighted by molar-refractivity contribution is 5.82. The van der Waals surface area contributed by atoms with Gasteiger partial charge in [0, 0.05) is 23.7 Å². The Labute approximate surface area is 157 Å². The van der Waals surface area contributed by atoms with Gasteiger partial charge in [-0.05, 0) is 55.7 Å². The second-order valence-electron chi connectivity index (χ2n) is 6.40. The van der Waals surface area contributed by atoms with Crippen LogP contribution >= 0.6 is 0 Å². The van der Waals surface area contributed by atoms with Crippen LogP contribution in [0, 0.1) is 6.92 Å². The first-order valence-corrected chi connectivity index (χ1v) is 8.89. The number of hydrogen-bond acceptors (Lipinski definition) is 5. The summed E-state index contributed by atoms with van der Waals surface area (Å²) in [5, 5.41) is 3.68. The normalized spacial score (nSPS) is 12.0. The van der Waals surface area contributed by atoms with E-state index in [2.05, 4.69) is 10.3 Å². The number of aromatic nitrogens is 1. The zero-order valence-corrected chi connectivity index (χ0v) is 15.6. The fourth-order valence-electron chi connectivity index (χ4n) is 2.85. The molecule has 1 atom stereocenters. The van der Waals surface area contributed by atoms with Crippen LogP contribution in [0.3, 0.4) is 0 Å². The van der Waals surface area contributed by atoms with E-state index in [1.807, 2.05) is 32.0 Å². The summed E-state index contributed by atoms with van der Waals surface area (Å²) in [6.45, 7) is 5.96. The van der Waals surface area contributed by atoms with Gasteiger partial charge in [0.2, 0.25) is 0 Å². The summed E-state index contributed by atoms with van der Waals surface area (Å²) in [5.41, 5.74) is 2.85. The molecule has 0 spiro atoms. The lowest BCUT2D eigenvalue weighted by molar-refractivity contribution is -0.127. The van der Waals surface area contributed by atoms with Crippen molar-refractivity contribution in [1.82, 2.24) is 10.3 Å². The van der Waals surface area contributed by atoms with E-state index in [9.17, 15) is 9.59 Å². The smallest absolute Gasteiger partial charge is 0.336 e. The molecule has 1 aromatic carbocycles. The van der Waals surface area contributed by atoms with Crippen LogP contribution in [0.5, 0.6) is 5.75 Å². The molecule has 1 N–H and O–H groups in total. The number of fused-ring (bicyclic) bond motifs is 1. The van der Waals surface area contributed by atoms with E-state index >= 15 is 0 Å². The van der Waals surface area contributed by atoms with Gasteiger partial charge in [-0.15, -0.1) is 0 Å². The maximum atomic E-state index is 12.3. The average Bonchev–Trinajstić information content (AvgIpc) is 2.65. The summed E-state index contributed by atoms with van der Waals surface area (Å²) in [6, 6.07) is 10.6. The standard InChI is InChI=1S/C21H22N2O4/c1-4-15-10-20(24)27-19-11-17(5-6-18(15)19)26-14(3)21(25)23-12-16-9-13(2)7-8-22-16/h5-11,14H,4,12H2,1-3H3,(H,23,25). The van der Waals surface area contributed by atoms with E-state index in [-0.39, 0.29) is 5.91 Å². The highest BCUT2D eigenvalue weighted by Crippen LogP contribution is 2.23. The van der Waals surface area contributed by atoms with Crippen molar-refractivity contribution < 1.29 is 13.9 Å². The minimum atomic E-state index is -0.701. The molecule has 0 radical (unpaired) electrons. The maximum absolute atomic E-state index is 12.3. The number of amides is 1. The number of aryl methyl sites for hydroxylation is 2. The lowest BCUT2D eigenvalue weighted by atomic mass is 10.1. The molecule has 0 aliphatic heterocycles. The van der Waals surface area contributed by atoms with Crippen molar-refractivity contribution in [3.63, 3.8) is 0 Å². The van der Waals surface area contributed by atoms with E-state index < -0.39 is 11.7 Å². The number of carbonyl (C=O) groups excluding carboxylic acids is 1. The second-order valence-corrected chi connectivity index (χ2v) is 6.40. The van der Waals surface area contributed by atoms with E-state index in [0.29, 0.717) is 17.9 Å². The van der Waals surface area contributed by atoms with Gasteiger partial charge in [0.05, 0.1) is 12.2 Å². The Kier molecular flexibility index (Phi) is 5.54. The molecule has 0 saturated carbocycles. The Morgan fingerprint density at radius 2 is 2.07 bits per heavy atom. The molecule has 2 aromatic heterocycles. The summed E-state index contributed by atoms with van der Waals surface area (Å²) in [5.74, 6) is 0.220. The SMILES string of the molecule is CCc1cc(=O)oc2cc(OC(C)C(=O)NCc3cc(C)ccn3)ccc12. The first-order chi connectivity index (χ1) is 13.0. The molecule has 6 nitrogen and oxygen atoms in total. The number of rotatable bonds is 6. The van der Waals surface area contributed by atoms with Crippen molar-refractivity contribution in [3.8, 4) is 5.75 Å². The van der Waals surface area contributed by atoms with Crippen molar-refractivity contribution >= 4 is 16.9 Å². The fraction of sp³-hybridized carbons (Fsp3) is 0.286. The van der Waals surface area contributed by atoms with Crippen molar-refractivity contribution in [3.05, 3.63) is 69.8 Å². The lowest BCUT2D eigenvalue weighted by Crippen LogP contribution is -2.36. The van der Waals surface area contributed by atoms with E-state index in [4.69, 9.17) is 9.15 Å². The largest absolute Gasteiger partial charge is 0.481 e. The Balaban J connectivity index is 1.68. The van der Waals surface area contributed by atoms with Gasteiger partial charge < -0.3 is 14.5 Å². The average molecular weight is 366 g/mol. The molecule has 1 amide bonds. The summed E-state index contributed by atoms with van der Waals surface area (Å²) >= 11 is 0. The van der Waals surface area contributed by atoms with E-state index in [1.54, 1.807) is 25.3 Å². The van der Waals surface area contributed by atoms with Gasteiger partial charge in [0.1, 0.15) is 11.3 Å². The molecule has 2 heterocycles. The number of benzene rings is 1. The summed E-state index contributed by atoms with van der Waals surface area (Å²) in [4.78, 5) is 28.2. The highest BCUT2D eigenvalue weighted by atomic mass is 16.5. The lowest BCUT2D eigenvalue weighted by Gasteiger charge is -2.15. The summed E-state index contributed by atoms with van der Waals surface area (Å²) in [6.07, 6.45) is 1.74. The van der Waals surface area contributed by atoms with E-state index in [0.717, 1.165) is 28.6 Å². The maximum Gasteiger partial charge on any atom is 0.336 e. The van der Waals surface area contributed by atoms with Gasteiger partial charge in [-0.2, -0.15) is 0 Å². The van der Waals surface area contributed by atoms with Gasteiger partial charge in [-0.1, -0.05) is 6.92 Å². The van der Waals surface area contributed by atoms with Crippen LogP contribution in [-0.2, 0) is 17.8 Å². The fourth-order valence-corrected chi connectivity index (χ4v) is 2.85. The van der Waals surface area contributed by atoms with Crippen molar-refractivity contribution in [1.29, 1.82) is 0 Å². The zero-order chi connectivity index (χ0) is 19.4. The van der Waals surface area contributed by atoms with Crippen molar-refractivity contribution in [2.75, 3.05) is 0 Å². The highest BCUT2D eigenvalue weighted by Gasteiger charge is 2.15. The molecular weight excluding hydrogens is 344 g/mol. The molecule has 0 fully saturated rings. The van der Waals surface area contributed by atoms with Crippen molar-refractivity contribution in [2.24, 2.45) is 0 Å². The minimum absolute atomic E-state index is 0.248. The summed E-state index contributed by atoms with van der Waals surface area (Å²) < 4.78 is 11.0. The van der Waals surface area contributed by atoms with Crippen LogP contribution in [0.1, 0.15) is 30.7 Å². The number of ether oxygens (including phenoxy) is 1. The first-order valence-electron chi connectivity index (χ1n) is 8.89. The van der Waals surface area contributed by atoms with Gasteiger partial charge in [0.15, 0.2) is 6.10 Å². The number of pyridine rings is 1. The van der Waals surface area contributed by atoms with Crippen LogP contribution < -0.4 is 15.7 Å². The van der Waals surface area contributed by atoms with Crippen LogP contribution in [0.15, 0.2) is 51.8 Å². The van der Waals surface area contributed by atoms with Crippen LogP contribution in [0.4, 0.5) is 0 Å². The molecule has 0 aliphatic rings. The summed E-state index contributed by atoms with van der Waals surface area (Å²) in [7, 11) is 0. The third-order valence-electron chi connectivity index (χ3n) is 4.28. The predicted octanol–water partition coefficient (Wildman–Crippen LogP) is 3.14. The zero-order valence-electron chi connectivity index (χ0n) is 15.6. The molecule has 0 aliphatic carbocycles. The Hall–Kier alpha value is -3.15. The van der Waals surface area contributed by atoms with Gasteiger partial charge in [0.25, 0.3) is 5.91 Å². The monoisotopic (exact) mass is 366 g/mol. The van der Waals surface area contributed by atoms with Crippen LogP contribution in [0.2, 0.25) is 0 Å². The molecule has 0 saturated heterocycles. The van der Waals surface area contributed by atoms with Crippen molar-refractivity contribution in [2.45, 2.75) is 39.8 Å². The minimum Gasteiger partial charge on any atom is -0.481 e.